The van der Waals surface area contributed by atoms with Gasteiger partial charge in [-0.05, 0) is 25.0 Å². The van der Waals surface area contributed by atoms with Gasteiger partial charge >= 0.3 is 0 Å². The van der Waals surface area contributed by atoms with Crippen molar-refractivity contribution in [3.63, 3.8) is 0 Å². The lowest BCUT2D eigenvalue weighted by Gasteiger charge is -2.19. The van der Waals surface area contributed by atoms with E-state index in [0.29, 0.717) is 18.2 Å². The number of hydrogen-bond acceptors (Lipinski definition) is 5. The minimum absolute atomic E-state index is 0.0559. The zero-order valence-corrected chi connectivity index (χ0v) is 11.7. The predicted octanol–water partition coefficient (Wildman–Crippen LogP) is 3.12. The molecule has 1 aliphatic rings. The van der Waals surface area contributed by atoms with Crippen LogP contribution in [0.15, 0.2) is 36.4 Å². The third kappa shape index (κ3) is 2.52. The monoisotopic (exact) mass is 284 g/mol. The van der Waals surface area contributed by atoms with Crippen molar-refractivity contribution in [1.82, 2.24) is 4.98 Å². The molecule has 0 spiro atoms. The zero-order valence-electron chi connectivity index (χ0n) is 11.7. The molecule has 0 amide bonds. The lowest BCUT2D eigenvalue weighted by Crippen LogP contribution is -2.16. The number of nitro groups is 1. The van der Waals surface area contributed by atoms with Crippen LogP contribution >= 0.6 is 0 Å². The summed E-state index contributed by atoms with van der Waals surface area (Å²) in [5.41, 5.74) is 2.38. The van der Waals surface area contributed by atoms with E-state index in [1.54, 1.807) is 0 Å². The number of fused-ring (bicyclic) bond motifs is 1. The Hall–Kier alpha value is -2.63. The largest absolute Gasteiger partial charge is 0.370 e. The summed E-state index contributed by atoms with van der Waals surface area (Å²) in [6, 6.07) is 11.1. The molecule has 0 aliphatic carbocycles. The number of aromatic nitrogens is 1. The highest BCUT2D eigenvalue weighted by Gasteiger charge is 2.23. The quantitative estimate of drug-likeness (QED) is 0.690. The van der Waals surface area contributed by atoms with Crippen LogP contribution < -0.4 is 10.2 Å². The first-order valence-corrected chi connectivity index (χ1v) is 6.95. The molecule has 2 heterocycles. The smallest absolute Gasteiger partial charge is 0.276 e. The highest BCUT2D eigenvalue weighted by atomic mass is 16.6. The Morgan fingerprint density at radius 1 is 1.38 bits per heavy atom. The molecule has 2 aromatic rings. The van der Waals surface area contributed by atoms with E-state index in [1.165, 1.54) is 17.7 Å². The fourth-order valence-electron chi connectivity index (χ4n) is 2.59. The molecule has 108 valence electrons. The van der Waals surface area contributed by atoms with E-state index in [0.717, 1.165) is 18.7 Å². The van der Waals surface area contributed by atoms with Crippen molar-refractivity contribution >= 4 is 23.0 Å². The standard InChI is InChI=1S/C15H16N4O2/c1-2-16-14-9-12(19(20)21)10-15(17-14)18-8-7-11-5-3-4-6-13(11)18/h3-6,9-10H,2,7-8H2,1H3,(H,16,17). The van der Waals surface area contributed by atoms with Crippen molar-refractivity contribution in [2.45, 2.75) is 13.3 Å². The maximum atomic E-state index is 11.1. The Balaban J connectivity index is 2.04. The van der Waals surface area contributed by atoms with Crippen LogP contribution in [-0.2, 0) is 6.42 Å². The van der Waals surface area contributed by atoms with E-state index in [2.05, 4.69) is 16.4 Å². The van der Waals surface area contributed by atoms with Crippen molar-refractivity contribution in [1.29, 1.82) is 0 Å². The lowest BCUT2D eigenvalue weighted by atomic mass is 10.2. The molecule has 0 atom stereocenters. The molecular formula is C15H16N4O2. The number of para-hydroxylation sites is 1. The second kappa shape index (κ2) is 5.40. The minimum Gasteiger partial charge on any atom is -0.370 e. The van der Waals surface area contributed by atoms with Gasteiger partial charge in [-0.25, -0.2) is 4.98 Å². The predicted molar refractivity (Wildman–Crippen MR) is 82.2 cm³/mol. The first-order valence-electron chi connectivity index (χ1n) is 6.95. The van der Waals surface area contributed by atoms with Gasteiger partial charge in [0.05, 0.1) is 17.1 Å². The lowest BCUT2D eigenvalue weighted by molar-refractivity contribution is -0.384. The summed E-state index contributed by atoms with van der Waals surface area (Å²) in [5, 5.41) is 14.1. The molecule has 0 unspecified atom stereocenters. The highest BCUT2D eigenvalue weighted by molar-refractivity contribution is 5.70. The molecule has 1 aromatic carbocycles. The van der Waals surface area contributed by atoms with Gasteiger partial charge in [0.2, 0.25) is 0 Å². The van der Waals surface area contributed by atoms with E-state index in [4.69, 9.17) is 0 Å². The average molecular weight is 284 g/mol. The van der Waals surface area contributed by atoms with Crippen LogP contribution in [0.1, 0.15) is 12.5 Å². The van der Waals surface area contributed by atoms with Crippen LogP contribution in [0, 0.1) is 10.1 Å². The van der Waals surface area contributed by atoms with Gasteiger partial charge in [-0.1, -0.05) is 18.2 Å². The van der Waals surface area contributed by atoms with Crippen molar-refractivity contribution in [2.75, 3.05) is 23.3 Å². The normalized spacial score (nSPS) is 13.1. The molecular weight excluding hydrogens is 268 g/mol. The summed E-state index contributed by atoms with van der Waals surface area (Å²) in [5.74, 6) is 1.15. The fourth-order valence-corrected chi connectivity index (χ4v) is 2.59. The van der Waals surface area contributed by atoms with Crippen LogP contribution in [0.3, 0.4) is 0 Å². The third-order valence-corrected chi connectivity index (χ3v) is 3.53. The molecule has 21 heavy (non-hydrogen) atoms. The molecule has 6 heteroatoms. The van der Waals surface area contributed by atoms with Crippen molar-refractivity contribution in [3.05, 3.63) is 52.1 Å². The molecule has 3 rings (SSSR count). The molecule has 6 nitrogen and oxygen atoms in total. The fraction of sp³-hybridized carbons (Fsp3) is 0.267. The van der Waals surface area contributed by atoms with E-state index < -0.39 is 0 Å². The van der Waals surface area contributed by atoms with Gasteiger partial charge in [0.15, 0.2) is 0 Å². The number of rotatable bonds is 4. The number of anilines is 3. The van der Waals surface area contributed by atoms with E-state index in [-0.39, 0.29) is 10.6 Å². The Bertz CT molecular complexity index is 687. The van der Waals surface area contributed by atoms with Crippen LogP contribution in [0.5, 0.6) is 0 Å². The molecule has 0 radical (unpaired) electrons. The van der Waals surface area contributed by atoms with Gasteiger partial charge in [-0.15, -0.1) is 0 Å². The summed E-state index contributed by atoms with van der Waals surface area (Å²) >= 11 is 0. The second-order valence-corrected chi connectivity index (χ2v) is 4.89. The minimum atomic E-state index is -0.381. The number of nitrogens with one attached hydrogen (secondary N) is 1. The number of nitrogens with zero attached hydrogens (tertiary/aromatic N) is 3. The summed E-state index contributed by atoms with van der Waals surface area (Å²) in [4.78, 5) is 17.2. The molecule has 1 aromatic heterocycles. The molecule has 0 fully saturated rings. The van der Waals surface area contributed by atoms with Gasteiger partial charge < -0.3 is 10.2 Å². The van der Waals surface area contributed by atoms with Crippen molar-refractivity contribution in [3.8, 4) is 0 Å². The van der Waals surface area contributed by atoms with Crippen LogP contribution in [0.4, 0.5) is 23.0 Å². The number of hydrogen-bond donors (Lipinski definition) is 1. The Morgan fingerprint density at radius 2 is 2.19 bits per heavy atom. The zero-order chi connectivity index (χ0) is 14.8. The van der Waals surface area contributed by atoms with Crippen molar-refractivity contribution in [2.24, 2.45) is 0 Å². The van der Waals surface area contributed by atoms with Crippen LogP contribution in [0.25, 0.3) is 0 Å². The molecule has 1 aliphatic heterocycles. The number of pyridine rings is 1. The summed E-state index contributed by atoms with van der Waals surface area (Å²) < 4.78 is 0. The first kappa shape index (κ1) is 13.4. The Morgan fingerprint density at radius 3 is 2.95 bits per heavy atom. The molecule has 0 saturated carbocycles. The van der Waals surface area contributed by atoms with Gasteiger partial charge in [0.1, 0.15) is 11.6 Å². The van der Waals surface area contributed by atoms with Crippen molar-refractivity contribution < 1.29 is 4.92 Å². The van der Waals surface area contributed by atoms with Gasteiger partial charge in [-0.3, -0.25) is 10.1 Å². The maximum Gasteiger partial charge on any atom is 0.276 e. The average Bonchev–Trinajstić information content (AvgIpc) is 2.91. The first-order chi connectivity index (χ1) is 10.2. The molecule has 1 N–H and O–H groups in total. The van der Waals surface area contributed by atoms with Gasteiger partial charge in [0.25, 0.3) is 5.69 Å². The van der Waals surface area contributed by atoms with Crippen LogP contribution in [0.2, 0.25) is 0 Å². The molecule has 0 bridgehead atoms. The van der Waals surface area contributed by atoms with Crippen LogP contribution in [-0.4, -0.2) is 23.0 Å². The van der Waals surface area contributed by atoms with E-state index in [9.17, 15) is 10.1 Å². The third-order valence-electron chi connectivity index (χ3n) is 3.53. The second-order valence-electron chi connectivity index (χ2n) is 4.89. The number of benzene rings is 1. The SMILES string of the molecule is CCNc1cc([N+](=O)[O-])cc(N2CCc3ccccc32)n1. The van der Waals surface area contributed by atoms with Gasteiger partial charge in [0, 0.05) is 18.8 Å². The summed E-state index contributed by atoms with van der Waals surface area (Å²) in [6.07, 6.45) is 0.928. The highest BCUT2D eigenvalue weighted by Crippen LogP contribution is 2.35. The van der Waals surface area contributed by atoms with Gasteiger partial charge in [-0.2, -0.15) is 0 Å². The van der Waals surface area contributed by atoms with E-state index in [1.807, 2.05) is 30.0 Å². The topological polar surface area (TPSA) is 71.3 Å². The summed E-state index contributed by atoms with van der Waals surface area (Å²) in [6.45, 7) is 3.40. The Kier molecular flexibility index (Phi) is 3.43. The summed E-state index contributed by atoms with van der Waals surface area (Å²) in [7, 11) is 0. The Labute approximate surface area is 122 Å². The van der Waals surface area contributed by atoms with E-state index >= 15 is 0 Å². The maximum absolute atomic E-state index is 11.1. The molecule has 0 saturated heterocycles.